The monoisotopic (exact) mass is 558 g/mol. The quantitative estimate of drug-likeness (QED) is 0.225. The van der Waals surface area contributed by atoms with Gasteiger partial charge in [-0.25, -0.2) is 4.79 Å². The van der Waals surface area contributed by atoms with E-state index in [0.717, 1.165) is 17.5 Å². The molecule has 4 aromatic rings. The minimum absolute atomic E-state index is 0.253. The van der Waals surface area contributed by atoms with Gasteiger partial charge in [-0.3, -0.25) is 9.59 Å². The first-order valence-corrected chi connectivity index (χ1v) is 13.3. The van der Waals surface area contributed by atoms with Gasteiger partial charge in [0, 0.05) is 17.1 Å². The lowest BCUT2D eigenvalue weighted by Gasteiger charge is -2.19. The summed E-state index contributed by atoms with van der Waals surface area (Å²) in [4.78, 5) is 39.3. The summed E-state index contributed by atoms with van der Waals surface area (Å²) in [5, 5.41) is 10.5. The number of para-hydroxylation sites is 1. The van der Waals surface area contributed by atoms with E-state index in [4.69, 9.17) is 14.2 Å². The number of hydrogen-bond donors (Lipinski definition) is 2. The smallest absolute Gasteiger partial charge is 0.435 e. The van der Waals surface area contributed by atoms with Crippen molar-refractivity contribution < 1.29 is 28.6 Å². The highest BCUT2D eigenvalue weighted by molar-refractivity contribution is 6.13. The number of methoxy groups -OCH3 is 1. The first-order valence-electron chi connectivity index (χ1n) is 13.3. The van der Waals surface area contributed by atoms with Gasteiger partial charge in [0.05, 0.1) is 42.2 Å². The molecule has 41 heavy (non-hydrogen) atoms. The van der Waals surface area contributed by atoms with Crippen molar-refractivity contribution in [1.29, 1.82) is 0 Å². The maximum Gasteiger partial charge on any atom is 0.435 e. The van der Waals surface area contributed by atoms with Crippen molar-refractivity contribution in [2.75, 3.05) is 24.4 Å². The van der Waals surface area contributed by atoms with Gasteiger partial charge < -0.3 is 24.8 Å². The van der Waals surface area contributed by atoms with E-state index in [1.165, 1.54) is 0 Å². The van der Waals surface area contributed by atoms with Crippen LogP contribution in [-0.2, 0) is 4.74 Å². The third kappa shape index (κ3) is 7.21. The Bertz CT molecular complexity index is 1570. The second kappa shape index (κ2) is 12.5. The fraction of sp³-hybridized carbons (Fsp3) is 0.290. The van der Waals surface area contributed by atoms with Crippen LogP contribution < -0.4 is 20.1 Å². The first kappa shape index (κ1) is 29.1. The van der Waals surface area contributed by atoms with Gasteiger partial charge in [0.2, 0.25) is 0 Å². The molecule has 3 aromatic carbocycles. The first-order chi connectivity index (χ1) is 19.6. The predicted molar refractivity (Wildman–Crippen MR) is 157 cm³/mol. The number of hydrogen-bond acceptors (Lipinski definition) is 7. The summed E-state index contributed by atoms with van der Waals surface area (Å²) in [7, 11) is 1.54. The third-order valence-corrected chi connectivity index (χ3v) is 6.00. The van der Waals surface area contributed by atoms with Crippen LogP contribution in [0.25, 0.3) is 10.9 Å². The minimum atomic E-state index is -0.691. The van der Waals surface area contributed by atoms with Crippen molar-refractivity contribution in [1.82, 2.24) is 9.78 Å². The fourth-order valence-electron chi connectivity index (χ4n) is 3.99. The van der Waals surface area contributed by atoms with Crippen LogP contribution in [0.5, 0.6) is 11.5 Å². The van der Waals surface area contributed by atoms with Gasteiger partial charge in [0.15, 0.2) is 0 Å². The van der Waals surface area contributed by atoms with E-state index >= 15 is 0 Å². The maximum atomic E-state index is 13.3. The number of amides is 2. The number of nitrogens with zero attached hydrogens (tertiary/aromatic N) is 2. The van der Waals surface area contributed by atoms with Crippen LogP contribution in [0, 0.1) is 0 Å². The van der Waals surface area contributed by atoms with E-state index in [2.05, 4.69) is 22.7 Å². The van der Waals surface area contributed by atoms with Gasteiger partial charge in [-0.1, -0.05) is 25.5 Å². The Hall–Kier alpha value is -4.86. The van der Waals surface area contributed by atoms with Gasteiger partial charge >= 0.3 is 6.09 Å². The molecule has 10 heteroatoms. The number of rotatable bonds is 9. The Kier molecular flexibility index (Phi) is 8.91. The molecule has 0 spiro atoms. The van der Waals surface area contributed by atoms with E-state index in [-0.39, 0.29) is 5.56 Å². The van der Waals surface area contributed by atoms with Gasteiger partial charge in [0.1, 0.15) is 17.1 Å². The van der Waals surface area contributed by atoms with Crippen molar-refractivity contribution >= 4 is 40.2 Å². The number of anilines is 2. The van der Waals surface area contributed by atoms with Gasteiger partial charge in [-0.2, -0.15) is 9.78 Å². The molecule has 1 heterocycles. The zero-order valence-corrected chi connectivity index (χ0v) is 23.8. The number of unbranched alkanes of at least 4 members (excludes halogenated alkanes) is 1. The summed E-state index contributed by atoms with van der Waals surface area (Å²) in [6.45, 7) is 7.83. The topological polar surface area (TPSA) is 121 Å². The predicted octanol–water partition coefficient (Wildman–Crippen LogP) is 6.51. The van der Waals surface area contributed by atoms with Crippen LogP contribution in [0.1, 0.15) is 61.3 Å². The summed E-state index contributed by atoms with van der Waals surface area (Å²) in [5.74, 6) is 0.0877. The van der Waals surface area contributed by atoms with E-state index in [1.54, 1.807) is 94.7 Å². The van der Waals surface area contributed by atoms with Gasteiger partial charge in [0.25, 0.3) is 11.8 Å². The van der Waals surface area contributed by atoms with Crippen molar-refractivity contribution in [2.24, 2.45) is 0 Å². The fourth-order valence-corrected chi connectivity index (χ4v) is 3.99. The number of fused-ring (bicyclic) bond motifs is 1. The van der Waals surface area contributed by atoms with Crippen molar-refractivity contribution in [3.05, 3.63) is 78.0 Å². The zero-order valence-electron chi connectivity index (χ0n) is 23.8. The van der Waals surface area contributed by atoms with Crippen molar-refractivity contribution in [3.8, 4) is 11.5 Å². The molecule has 0 fully saturated rings. The number of aromatic nitrogens is 2. The maximum absolute atomic E-state index is 13.3. The summed E-state index contributed by atoms with van der Waals surface area (Å²) in [5.41, 5.74) is 1.12. The van der Waals surface area contributed by atoms with Crippen LogP contribution in [0.15, 0.2) is 66.9 Å². The highest BCUT2D eigenvalue weighted by Crippen LogP contribution is 2.27. The molecule has 1 aromatic heterocycles. The molecule has 0 atom stereocenters. The Morgan fingerprint density at radius 2 is 1.68 bits per heavy atom. The van der Waals surface area contributed by atoms with E-state index in [9.17, 15) is 14.4 Å². The Morgan fingerprint density at radius 1 is 0.927 bits per heavy atom. The SMILES string of the molecule is CCCCOc1cc(OC)ccc1C(=O)Nc1ccccc1C(=O)Nc1ccc2cnn(C(=O)OC(C)(C)C)c2c1. The number of benzene rings is 3. The molecule has 0 saturated carbocycles. The van der Waals surface area contributed by atoms with E-state index in [0.29, 0.717) is 45.9 Å². The molecule has 214 valence electrons. The molecular weight excluding hydrogens is 524 g/mol. The molecule has 0 saturated heterocycles. The van der Waals surface area contributed by atoms with Crippen LogP contribution in [0.2, 0.25) is 0 Å². The Balaban J connectivity index is 1.55. The van der Waals surface area contributed by atoms with Crippen LogP contribution in [0.3, 0.4) is 0 Å². The third-order valence-electron chi connectivity index (χ3n) is 6.00. The lowest BCUT2D eigenvalue weighted by molar-refractivity contribution is 0.0522. The molecule has 0 bridgehead atoms. The second-order valence-electron chi connectivity index (χ2n) is 10.3. The number of carbonyl (C=O) groups excluding carboxylic acids is 3. The Morgan fingerprint density at radius 3 is 2.41 bits per heavy atom. The summed E-state index contributed by atoms with van der Waals surface area (Å²) >= 11 is 0. The molecule has 0 aliphatic heterocycles. The van der Waals surface area contributed by atoms with Gasteiger partial charge in [-0.05, 0) is 69.7 Å². The molecular formula is C31H34N4O6. The Labute approximate surface area is 238 Å². The standard InChI is InChI=1S/C31H34N4O6/c1-6-7-16-40-27-18-22(39-5)14-15-24(27)29(37)34-25-11-9-8-10-23(25)28(36)33-21-13-12-20-19-32-35(26(20)17-21)30(38)41-31(2,3)4/h8-15,17-19H,6-7,16H2,1-5H3,(H,33,36)(H,34,37). The minimum Gasteiger partial charge on any atom is -0.497 e. The second-order valence-corrected chi connectivity index (χ2v) is 10.3. The van der Waals surface area contributed by atoms with E-state index in [1.807, 2.05) is 0 Å². The highest BCUT2D eigenvalue weighted by Gasteiger charge is 2.21. The lowest BCUT2D eigenvalue weighted by atomic mass is 10.1. The summed E-state index contributed by atoms with van der Waals surface area (Å²) in [6, 6.07) is 16.8. The summed E-state index contributed by atoms with van der Waals surface area (Å²) < 4.78 is 17.7. The lowest BCUT2D eigenvalue weighted by Crippen LogP contribution is -2.27. The molecule has 4 rings (SSSR count). The normalized spacial score (nSPS) is 11.1. The highest BCUT2D eigenvalue weighted by atomic mass is 16.6. The van der Waals surface area contributed by atoms with Crippen molar-refractivity contribution in [3.63, 3.8) is 0 Å². The molecule has 0 aliphatic carbocycles. The molecule has 2 N–H and O–H groups in total. The molecule has 0 unspecified atom stereocenters. The molecule has 10 nitrogen and oxygen atoms in total. The van der Waals surface area contributed by atoms with Crippen LogP contribution in [0.4, 0.5) is 16.2 Å². The molecule has 0 radical (unpaired) electrons. The molecule has 0 aliphatic rings. The average Bonchev–Trinajstić information content (AvgIpc) is 3.36. The van der Waals surface area contributed by atoms with Gasteiger partial charge in [-0.15, -0.1) is 0 Å². The summed E-state index contributed by atoms with van der Waals surface area (Å²) in [6.07, 6.45) is 2.71. The number of ether oxygens (including phenoxy) is 3. The molecule has 2 amide bonds. The number of carbonyl (C=O) groups is 3. The average molecular weight is 559 g/mol. The largest absolute Gasteiger partial charge is 0.497 e. The zero-order chi connectivity index (χ0) is 29.6. The van der Waals surface area contributed by atoms with Crippen molar-refractivity contribution in [2.45, 2.75) is 46.1 Å². The van der Waals surface area contributed by atoms with Crippen LogP contribution in [-0.4, -0.2) is 47.0 Å². The number of nitrogens with one attached hydrogen (secondary N) is 2. The van der Waals surface area contributed by atoms with E-state index < -0.39 is 23.5 Å². The van der Waals surface area contributed by atoms with Crippen LogP contribution >= 0.6 is 0 Å².